The number of hydrogen-bond donors (Lipinski definition) is 1. The largest absolute Gasteiger partial charge is 0.491 e. The third kappa shape index (κ3) is 4.93. The Labute approximate surface area is 170 Å². The lowest BCUT2D eigenvalue weighted by atomic mass is 10.1. The number of carbonyl (C=O) groups is 3. The highest BCUT2D eigenvalue weighted by molar-refractivity contribution is 6.11. The number of rotatable bonds is 6. The lowest BCUT2D eigenvalue weighted by Crippen LogP contribution is -2.43. The molecule has 1 aliphatic rings. The molecule has 7 nitrogen and oxygen atoms in total. The SMILES string of the molecule is CC(C)Oc1ccc(CNC(=O)CN2C(=O)CN(C)C(=O)c3ccccc32)cc1. The summed E-state index contributed by atoms with van der Waals surface area (Å²) in [6.45, 7) is 4.04. The fourth-order valence-corrected chi connectivity index (χ4v) is 3.12. The molecule has 0 fully saturated rings. The summed E-state index contributed by atoms with van der Waals surface area (Å²) in [4.78, 5) is 40.3. The van der Waals surface area contributed by atoms with E-state index in [0.717, 1.165) is 11.3 Å². The molecule has 2 aromatic carbocycles. The normalized spacial score (nSPS) is 13.9. The maximum Gasteiger partial charge on any atom is 0.256 e. The van der Waals surface area contributed by atoms with Gasteiger partial charge in [-0.05, 0) is 43.7 Å². The van der Waals surface area contributed by atoms with Crippen LogP contribution in [0.2, 0.25) is 0 Å². The molecule has 0 aliphatic carbocycles. The van der Waals surface area contributed by atoms with E-state index in [0.29, 0.717) is 17.8 Å². The highest BCUT2D eigenvalue weighted by Crippen LogP contribution is 2.24. The van der Waals surface area contributed by atoms with Crippen molar-refractivity contribution in [2.45, 2.75) is 26.5 Å². The maximum atomic E-state index is 12.6. The van der Waals surface area contributed by atoms with Crippen LogP contribution >= 0.6 is 0 Å². The van der Waals surface area contributed by atoms with E-state index in [4.69, 9.17) is 4.74 Å². The summed E-state index contributed by atoms with van der Waals surface area (Å²) < 4.78 is 5.61. The number of benzene rings is 2. The summed E-state index contributed by atoms with van der Waals surface area (Å²) >= 11 is 0. The van der Waals surface area contributed by atoms with Crippen LogP contribution in [0.1, 0.15) is 29.8 Å². The van der Waals surface area contributed by atoms with Crippen molar-refractivity contribution >= 4 is 23.4 Å². The Bertz CT molecular complexity index is 909. The molecule has 3 rings (SSSR count). The zero-order valence-corrected chi connectivity index (χ0v) is 16.8. The van der Waals surface area contributed by atoms with Crippen molar-refractivity contribution < 1.29 is 19.1 Å². The van der Waals surface area contributed by atoms with E-state index in [1.165, 1.54) is 9.80 Å². The average molecular weight is 395 g/mol. The summed E-state index contributed by atoms with van der Waals surface area (Å²) in [5, 5.41) is 2.83. The zero-order valence-electron chi connectivity index (χ0n) is 16.8. The second kappa shape index (κ2) is 8.77. The first kappa shape index (κ1) is 20.4. The van der Waals surface area contributed by atoms with Gasteiger partial charge in [0.15, 0.2) is 0 Å². The summed E-state index contributed by atoms with van der Waals surface area (Å²) in [6.07, 6.45) is 0.0977. The molecule has 0 saturated carbocycles. The number of amides is 3. The first-order valence-electron chi connectivity index (χ1n) is 9.52. The Morgan fingerprint density at radius 3 is 2.48 bits per heavy atom. The minimum absolute atomic E-state index is 0.0713. The molecule has 0 radical (unpaired) electrons. The van der Waals surface area contributed by atoms with Gasteiger partial charge in [-0.25, -0.2) is 0 Å². The topological polar surface area (TPSA) is 79.0 Å². The standard InChI is InChI=1S/C22H25N3O4/c1-15(2)29-17-10-8-16(9-11-17)12-23-20(26)13-25-19-7-5-4-6-18(19)22(28)24(3)14-21(25)27/h4-11,15H,12-14H2,1-3H3,(H,23,26). The Kier molecular flexibility index (Phi) is 6.16. The molecular weight excluding hydrogens is 370 g/mol. The molecule has 1 aliphatic heterocycles. The Hall–Kier alpha value is -3.35. The molecule has 0 bridgehead atoms. The van der Waals surface area contributed by atoms with Crippen molar-refractivity contribution in [3.8, 4) is 5.75 Å². The van der Waals surface area contributed by atoms with Gasteiger partial charge < -0.3 is 19.9 Å². The molecule has 1 heterocycles. The average Bonchev–Trinajstić information content (AvgIpc) is 2.78. The third-order valence-corrected chi connectivity index (χ3v) is 4.53. The van der Waals surface area contributed by atoms with Crippen LogP contribution in [0.5, 0.6) is 5.75 Å². The van der Waals surface area contributed by atoms with Crippen LogP contribution in [0.3, 0.4) is 0 Å². The number of likely N-dealkylation sites (N-methyl/N-ethyl adjacent to an activating group) is 1. The zero-order chi connectivity index (χ0) is 21.0. The van der Waals surface area contributed by atoms with Gasteiger partial charge in [-0.3, -0.25) is 14.4 Å². The van der Waals surface area contributed by atoms with Crippen LogP contribution in [-0.2, 0) is 16.1 Å². The van der Waals surface area contributed by atoms with Crippen LogP contribution in [0, 0.1) is 0 Å². The van der Waals surface area contributed by atoms with Gasteiger partial charge >= 0.3 is 0 Å². The first-order chi connectivity index (χ1) is 13.8. The van der Waals surface area contributed by atoms with E-state index in [1.807, 2.05) is 38.1 Å². The monoisotopic (exact) mass is 395 g/mol. The van der Waals surface area contributed by atoms with Crippen molar-refractivity contribution in [1.29, 1.82) is 0 Å². The lowest BCUT2D eigenvalue weighted by Gasteiger charge is -2.21. The van der Waals surface area contributed by atoms with Crippen molar-refractivity contribution in [2.75, 3.05) is 25.0 Å². The number of ether oxygens (including phenoxy) is 1. The predicted octanol–water partition coefficient (Wildman–Crippen LogP) is 2.21. The minimum atomic E-state index is -0.298. The summed E-state index contributed by atoms with van der Waals surface area (Å²) in [5.41, 5.74) is 1.79. The van der Waals surface area contributed by atoms with Gasteiger partial charge in [0.05, 0.1) is 17.4 Å². The van der Waals surface area contributed by atoms with Gasteiger partial charge in [-0.15, -0.1) is 0 Å². The summed E-state index contributed by atoms with van der Waals surface area (Å²) in [7, 11) is 1.58. The van der Waals surface area contributed by atoms with Gasteiger partial charge in [-0.2, -0.15) is 0 Å². The quantitative estimate of drug-likeness (QED) is 0.813. The minimum Gasteiger partial charge on any atom is -0.491 e. The van der Waals surface area contributed by atoms with Crippen molar-refractivity contribution in [3.63, 3.8) is 0 Å². The van der Waals surface area contributed by atoms with Gasteiger partial charge in [-0.1, -0.05) is 24.3 Å². The van der Waals surface area contributed by atoms with Crippen LogP contribution in [-0.4, -0.2) is 48.9 Å². The van der Waals surface area contributed by atoms with E-state index in [9.17, 15) is 14.4 Å². The number of fused-ring (bicyclic) bond motifs is 1. The molecule has 0 spiro atoms. The molecule has 0 atom stereocenters. The molecule has 0 saturated heterocycles. The fraction of sp³-hybridized carbons (Fsp3) is 0.318. The smallest absolute Gasteiger partial charge is 0.256 e. The Morgan fingerprint density at radius 1 is 1.10 bits per heavy atom. The van der Waals surface area contributed by atoms with E-state index in [-0.39, 0.29) is 36.9 Å². The van der Waals surface area contributed by atoms with Crippen molar-refractivity contribution in [1.82, 2.24) is 10.2 Å². The molecular formula is C22H25N3O4. The summed E-state index contributed by atoms with van der Waals surface area (Å²) in [6, 6.07) is 14.3. The molecule has 0 aromatic heterocycles. The molecule has 1 N–H and O–H groups in total. The number of nitrogens with zero attached hydrogens (tertiary/aromatic N) is 2. The molecule has 7 heteroatoms. The summed E-state index contributed by atoms with van der Waals surface area (Å²) in [5.74, 6) is -0.0556. The number of nitrogens with one attached hydrogen (secondary N) is 1. The van der Waals surface area contributed by atoms with Gasteiger partial charge in [0.25, 0.3) is 5.91 Å². The Morgan fingerprint density at radius 2 is 1.79 bits per heavy atom. The molecule has 29 heavy (non-hydrogen) atoms. The van der Waals surface area contributed by atoms with Crippen LogP contribution in [0.15, 0.2) is 48.5 Å². The predicted molar refractivity (Wildman–Crippen MR) is 110 cm³/mol. The third-order valence-electron chi connectivity index (χ3n) is 4.53. The van der Waals surface area contributed by atoms with Crippen molar-refractivity contribution in [3.05, 3.63) is 59.7 Å². The van der Waals surface area contributed by atoms with E-state index >= 15 is 0 Å². The second-order valence-electron chi connectivity index (χ2n) is 7.25. The number of hydrogen-bond acceptors (Lipinski definition) is 4. The van der Waals surface area contributed by atoms with Crippen LogP contribution in [0.25, 0.3) is 0 Å². The molecule has 3 amide bonds. The van der Waals surface area contributed by atoms with Crippen LogP contribution in [0.4, 0.5) is 5.69 Å². The van der Waals surface area contributed by atoms with Gasteiger partial charge in [0.1, 0.15) is 18.8 Å². The van der Waals surface area contributed by atoms with Crippen molar-refractivity contribution in [2.24, 2.45) is 0 Å². The number of anilines is 1. The lowest BCUT2D eigenvalue weighted by molar-refractivity contribution is -0.124. The van der Waals surface area contributed by atoms with Gasteiger partial charge in [0, 0.05) is 13.6 Å². The Balaban J connectivity index is 1.66. The molecule has 0 unspecified atom stereocenters. The maximum absolute atomic E-state index is 12.6. The first-order valence-corrected chi connectivity index (χ1v) is 9.52. The van der Waals surface area contributed by atoms with E-state index < -0.39 is 0 Å². The number of para-hydroxylation sites is 1. The highest BCUT2D eigenvalue weighted by Gasteiger charge is 2.30. The second-order valence-corrected chi connectivity index (χ2v) is 7.25. The number of carbonyl (C=O) groups excluding carboxylic acids is 3. The van der Waals surface area contributed by atoms with Gasteiger partial charge in [0.2, 0.25) is 11.8 Å². The fourth-order valence-electron chi connectivity index (χ4n) is 3.12. The molecule has 2 aromatic rings. The van der Waals surface area contributed by atoms with E-state index in [2.05, 4.69) is 5.32 Å². The van der Waals surface area contributed by atoms with E-state index in [1.54, 1.807) is 31.3 Å². The molecule has 152 valence electrons. The van der Waals surface area contributed by atoms with Crippen LogP contribution < -0.4 is 15.0 Å². The highest BCUT2D eigenvalue weighted by atomic mass is 16.5.